The van der Waals surface area contributed by atoms with Crippen molar-refractivity contribution in [1.29, 1.82) is 0 Å². The zero-order valence-electron chi connectivity index (χ0n) is 4.50. The van der Waals surface area contributed by atoms with Gasteiger partial charge in [0.1, 0.15) is 17.8 Å². The molecule has 0 amide bonds. The smallest absolute Gasteiger partial charge is 0.148 e. The second-order valence-corrected chi connectivity index (χ2v) is 1.43. The highest BCUT2D eigenvalue weighted by atomic mass is 15.1. The number of hydrogen-bond acceptors (Lipinski definition) is 4. The monoisotopic (exact) mass is 110 g/mol. The first kappa shape index (κ1) is 4.96. The lowest BCUT2D eigenvalue weighted by molar-refractivity contribution is 0.933. The summed E-state index contributed by atoms with van der Waals surface area (Å²) in [7, 11) is 0. The summed E-state index contributed by atoms with van der Waals surface area (Å²) in [5, 5.41) is 7.15. The number of anilines is 1. The van der Waals surface area contributed by atoms with Crippen LogP contribution in [0.2, 0.25) is 0 Å². The van der Waals surface area contributed by atoms with E-state index in [1.165, 1.54) is 6.33 Å². The van der Waals surface area contributed by atoms with Gasteiger partial charge in [0.15, 0.2) is 0 Å². The number of aromatic nitrogens is 3. The third kappa shape index (κ3) is 0.726. The third-order valence-corrected chi connectivity index (χ3v) is 0.827. The van der Waals surface area contributed by atoms with Crippen molar-refractivity contribution in [1.82, 2.24) is 15.2 Å². The van der Waals surface area contributed by atoms with Crippen LogP contribution in [0.4, 0.5) is 5.82 Å². The summed E-state index contributed by atoms with van der Waals surface area (Å²) in [4.78, 5) is 3.68. The molecule has 0 bridgehead atoms. The van der Waals surface area contributed by atoms with E-state index >= 15 is 0 Å². The Labute approximate surface area is 46.8 Å². The molecule has 1 aromatic rings. The number of nitrogen functional groups attached to an aromatic ring is 1. The number of nitrogens with two attached hydrogens (primary N) is 1. The molecule has 0 spiro atoms. The first-order chi connectivity index (χ1) is 3.80. The zero-order valence-corrected chi connectivity index (χ0v) is 4.50. The van der Waals surface area contributed by atoms with Gasteiger partial charge in [-0.25, -0.2) is 4.98 Å². The van der Waals surface area contributed by atoms with Gasteiger partial charge in [0.05, 0.1) is 0 Å². The first-order valence-corrected chi connectivity index (χ1v) is 2.20. The molecule has 0 unspecified atom stereocenters. The minimum Gasteiger partial charge on any atom is -0.382 e. The van der Waals surface area contributed by atoms with Gasteiger partial charge in [-0.15, -0.1) is 5.10 Å². The highest BCUT2D eigenvalue weighted by Gasteiger charge is 1.89. The van der Waals surface area contributed by atoms with Crippen molar-refractivity contribution in [3.63, 3.8) is 0 Å². The zero-order chi connectivity index (χ0) is 5.98. The maximum absolute atomic E-state index is 5.31. The average Bonchev–Trinajstić information content (AvgIpc) is 1.77. The van der Waals surface area contributed by atoms with E-state index in [0.29, 0.717) is 11.5 Å². The number of hydrogen-bond donors (Lipinski definition) is 1. The molecule has 4 nitrogen and oxygen atoms in total. The Bertz CT molecular complexity index is 164. The molecule has 2 N–H and O–H groups in total. The maximum atomic E-state index is 5.31. The van der Waals surface area contributed by atoms with Crippen LogP contribution in [0, 0.1) is 6.92 Å². The van der Waals surface area contributed by atoms with Gasteiger partial charge < -0.3 is 5.73 Å². The quantitative estimate of drug-likeness (QED) is 0.500. The Morgan fingerprint density at radius 3 is 2.75 bits per heavy atom. The molecule has 0 atom stereocenters. The molecule has 0 aliphatic heterocycles. The molecule has 1 heterocycles. The second kappa shape index (κ2) is 1.73. The molecule has 42 valence electrons. The number of rotatable bonds is 0. The lowest BCUT2D eigenvalue weighted by Crippen LogP contribution is -1.96. The minimum atomic E-state index is 0.444. The topological polar surface area (TPSA) is 64.7 Å². The van der Waals surface area contributed by atoms with E-state index in [-0.39, 0.29) is 0 Å². The van der Waals surface area contributed by atoms with Gasteiger partial charge >= 0.3 is 0 Å². The van der Waals surface area contributed by atoms with Gasteiger partial charge in [-0.2, -0.15) is 5.10 Å². The van der Waals surface area contributed by atoms with E-state index in [9.17, 15) is 0 Å². The molecule has 1 rings (SSSR count). The second-order valence-electron chi connectivity index (χ2n) is 1.43. The Balaban J connectivity index is 3.13. The molecular weight excluding hydrogens is 104 g/mol. The van der Waals surface area contributed by atoms with Crippen LogP contribution >= 0.6 is 0 Å². The van der Waals surface area contributed by atoms with Crippen molar-refractivity contribution in [3.05, 3.63) is 12.0 Å². The van der Waals surface area contributed by atoms with Crippen LogP contribution in [0.3, 0.4) is 0 Å². The Morgan fingerprint density at radius 2 is 2.38 bits per heavy atom. The van der Waals surface area contributed by atoms with Gasteiger partial charge in [-0.3, -0.25) is 0 Å². The molecule has 4 heteroatoms. The van der Waals surface area contributed by atoms with E-state index in [1.807, 2.05) is 0 Å². The average molecular weight is 110 g/mol. The van der Waals surface area contributed by atoms with Gasteiger partial charge in [0.25, 0.3) is 0 Å². The van der Waals surface area contributed by atoms with E-state index in [1.54, 1.807) is 6.92 Å². The molecule has 0 aliphatic carbocycles. The molecule has 0 saturated carbocycles. The van der Waals surface area contributed by atoms with Crippen LogP contribution in [-0.2, 0) is 0 Å². The van der Waals surface area contributed by atoms with Gasteiger partial charge in [0.2, 0.25) is 0 Å². The molecule has 8 heavy (non-hydrogen) atoms. The Kier molecular flexibility index (Phi) is 1.07. The number of nitrogens with zero attached hydrogens (tertiary/aromatic N) is 3. The summed E-state index contributed by atoms with van der Waals surface area (Å²) < 4.78 is 0. The molecule has 1 aromatic heterocycles. The highest BCUT2D eigenvalue weighted by molar-refractivity contribution is 5.29. The highest BCUT2D eigenvalue weighted by Crippen LogP contribution is 1.95. The molecule has 0 aromatic carbocycles. The third-order valence-electron chi connectivity index (χ3n) is 0.827. The van der Waals surface area contributed by atoms with Gasteiger partial charge in [-0.1, -0.05) is 0 Å². The normalized spacial score (nSPS) is 9.12. The van der Waals surface area contributed by atoms with Crippen molar-refractivity contribution >= 4 is 5.82 Å². The van der Waals surface area contributed by atoms with Crippen molar-refractivity contribution in [2.45, 2.75) is 6.92 Å². The van der Waals surface area contributed by atoms with E-state index < -0.39 is 0 Å². The molecule has 0 radical (unpaired) electrons. The Morgan fingerprint density at radius 1 is 1.62 bits per heavy atom. The summed E-state index contributed by atoms with van der Waals surface area (Å²) in [5.41, 5.74) is 5.98. The summed E-state index contributed by atoms with van der Waals surface area (Å²) in [6, 6.07) is 0. The van der Waals surface area contributed by atoms with Crippen molar-refractivity contribution in [3.8, 4) is 0 Å². The first-order valence-electron chi connectivity index (χ1n) is 2.20. The predicted molar refractivity (Wildman–Crippen MR) is 29.0 cm³/mol. The van der Waals surface area contributed by atoms with E-state index in [0.717, 1.165) is 0 Å². The fourth-order valence-electron chi connectivity index (χ4n) is 0.345. The standard InChI is InChI=1S/C4H6N4/c1-3-4(5)6-2-7-8-3/h2H,1H3,(H2,5,6,7). The van der Waals surface area contributed by atoms with Crippen LogP contribution in [-0.4, -0.2) is 15.2 Å². The predicted octanol–water partition coefficient (Wildman–Crippen LogP) is -0.238. The Hall–Kier alpha value is -1.19. The number of aryl methyl sites for hydroxylation is 1. The molecule has 0 aliphatic rings. The SMILES string of the molecule is Cc1nncnc1N. The molecule has 0 fully saturated rings. The van der Waals surface area contributed by atoms with E-state index in [2.05, 4.69) is 15.2 Å². The van der Waals surface area contributed by atoms with Crippen LogP contribution in [0.5, 0.6) is 0 Å². The lowest BCUT2D eigenvalue weighted by Gasteiger charge is -1.90. The maximum Gasteiger partial charge on any atom is 0.148 e. The minimum absolute atomic E-state index is 0.444. The lowest BCUT2D eigenvalue weighted by atomic mass is 10.5. The van der Waals surface area contributed by atoms with Crippen LogP contribution in [0.25, 0.3) is 0 Å². The van der Waals surface area contributed by atoms with Crippen molar-refractivity contribution in [2.75, 3.05) is 5.73 Å². The fourth-order valence-corrected chi connectivity index (χ4v) is 0.345. The molecule has 0 saturated heterocycles. The summed E-state index contributed by atoms with van der Waals surface area (Å²) in [6.07, 6.45) is 1.32. The summed E-state index contributed by atoms with van der Waals surface area (Å²) in [5.74, 6) is 0.444. The largest absolute Gasteiger partial charge is 0.382 e. The van der Waals surface area contributed by atoms with Gasteiger partial charge in [-0.05, 0) is 6.92 Å². The van der Waals surface area contributed by atoms with E-state index in [4.69, 9.17) is 5.73 Å². The van der Waals surface area contributed by atoms with Crippen molar-refractivity contribution < 1.29 is 0 Å². The molecular formula is C4H6N4. The van der Waals surface area contributed by atoms with Crippen LogP contribution in [0.1, 0.15) is 5.69 Å². The van der Waals surface area contributed by atoms with Crippen LogP contribution < -0.4 is 5.73 Å². The fraction of sp³-hybridized carbons (Fsp3) is 0.250. The van der Waals surface area contributed by atoms with Gasteiger partial charge in [0, 0.05) is 0 Å². The summed E-state index contributed by atoms with van der Waals surface area (Å²) >= 11 is 0. The summed E-state index contributed by atoms with van der Waals surface area (Å²) in [6.45, 7) is 1.76. The van der Waals surface area contributed by atoms with Crippen molar-refractivity contribution in [2.24, 2.45) is 0 Å². The van der Waals surface area contributed by atoms with Crippen LogP contribution in [0.15, 0.2) is 6.33 Å².